The smallest absolute Gasteiger partial charge is 0.307 e. The van der Waals surface area contributed by atoms with Crippen LogP contribution >= 0.6 is 0 Å². The first-order chi connectivity index (χ1) is 13.0. The number of amides is 1. The number of nitro groups is 1. The molecule has 0 fully saturated rings. The molecule has 3 aromatic rings. The topological polar surface area (TPSA) is 133 Å². The summed E-state index contributed by atoms with van der Waals surface area (Å²) < 4.78 is 21.6. The summed E-state index contributed by atoms with van der Waals surface area (Å²) in [4.78, 5) is 22.1. The Labute approximate surface area is 151 Å². The Morgan fingerprint density at radius 1 is 1.44 bits per heavy atom. The predicted molar refractivity (Wildman–Crippen MR) is 89.6 cm³/mol. The molecule has 0 atom stereocenters. The summed E-state index contributed by atoms with van der Waals surface area (Å²) in [5.74, 6) is -0.831. The zero-order valence-electron chi connectivity index (χ0n) is 14.1. The van der Waals surface area contributed by atoms with E-state index in [1.807, 2.05) is 0 Å². The van der Waals surface area contributed by atoms with Crippen LogP contribution in [-0.2, 0) is 13.1 Å². The van der Waals surface area contributed by atoms with Crippen molar-refractivity contribution < 1.29 is 18.5 Å². The number of carbonyl (C=O) groups is 1. The Hall–Kier alpha value is -3.83. The lowest BCUT2D eigenvalue weighted by atomic mass is 10.4. The molecule has 11 nitrogen and oxygen atoms in total. The van der Waals surface area contributed by atoms with Gasteiger partial charge in [0.25, 0.3) is 0 Å². The summed E-state index contributed by atoms with van der Waals surface area (Å²) >= 11 is 0. The molecule has 0 unspecified atom stereocenters. The van der Waals surface area contributed by atoms with E-state index in [2.05, 4.69) is 20.7 Å². The standard InChI is InChI=1S/C15H14FN7O4/c1-2-22-14(16)10(6-19-22)5-17-20-15(24)13-4-3-12(27-13)9-21-8-11(7-18-21)23(25)26/h3-8H,2,9H2,1H3,(H,20,24)/b17-5-. The molecule has 0 saturated carbocycles. The van der Waals surface area contributed by atoms with Gasteiger partial charge in [-0.15, -0.1) is 0 Å². The van der Waals surface area contributed by atoms with Crippen LogP contribution in [0.1, 0.15) is 28.8 Å². The Bertz CT molecular complexity index is 1000. The highest BCUT2D eigenvalue weighted by Crippen LogP contribution is 2.13. The molecule has 140 valence electrons. The lowest BCUT2D eigenvalue weighted by Gasteiger charge is -1.98. The summed E-state index contributed by atoms with van der Waals surface area (Å²) in [5, 5.41) is 22.0. The van der Waals surface area contributed by atoms with Crippen molar-refractivity contribution in [1.29, 1.82) is 0 Å². The fourth-order valence-corrected chi connectivity index (χ4v) is 2.19. The van der Waals surface area contributed by atoms with Crippen molar-refractivity contribution in [1.82, 2.24) is 25.0 Å². The average Bonchev–Trinajstić information content (AvgIpc) is 3.36. The number of hydrogen-bond donors (Lipinski definition) is 1. The van der Waals surface area contributed by atoms with E-state index in [1.54, 1.807) is 6.92 Å². The van der Waals surface area contributed by atoms with E-state index >= 15 is 0 Å². The van der Waals surface area contributed by atoms with Crippen LogP contribution in [0.15, 0.2) is 40.2 Å². The highest BCUT2D eigenvalue weighted by atomic mass is 19.1. The van der Waals surface area contributed by atoms with Crippen LogP contribution < -0.4 is 5.43 Å². The molecule has 0 bridgehead atoms. The van der Waals surface area contributed by atoms with Gasteiger partial charge in [-0.1, -0.05) is 0 Å². The van der Waals surface area contributed by atoms with Crippen LogP contribution in [0.5, 0.6) is 0 Å². The van der Waals surface area contributed by atoms with Crippen LogP contribution in [0.25, 0.3) is 0 Å². The van der Waals surface area contributed by atoms with Gasteiger partial charge in [0.2, 0.25) is 5.95 Å². The third-order valence-corrected chi connectivity index (χ3v) is 3.50. The monoisotopic (exact) mass is 375 g/mol. The van der Waals surface area contributed by atoms with Crippen molar-refractivity contribution in [2.24, 2.45) is 5.10 Å². The third-order valence-electron chi connectivity index (χ3n) is 3.50. The minimum absolute atomic E-state index is 0.0199. The number of hydrazone groups is 1. The Balaban J connectivity index is 1.60. The molecular formula is C15H14FN7O4. The number of furan rings is 1. The van der Waals surface area contributed by atoms with Gasteiger partial charge >= 0.3 is 11.6 Å². The van der Waals surface area contributed by atoms with Gasteiger partial charge in [-0.25, -0.2) is 10.1 Å². The maximum Gasteiger partial charge on any atom is 0.307 e. The fourth-order valence-electron chi connectivity index (χ4n) is 2.19. The number of rotatable bonds is 7. The Morgan fingerprint density at radius 2 is 2.26 bits per heavy atom. The summed E-state index contributed by atoms with van der Waals surface area (Å²) in [5.41, 5.74) is 2.21. The zero-order chi connectivity index (χ0) is 19.4. The summed E-state index contributed by atoms with van der Waals surface area (Å²) in [6, 6.07) is 2.96. The van der Waals surface area contributed by atoms with Crippen LogP contribution in [0.3, 0.4) is 0 Å². The van der Waals surface area contributed by atoms with E-state index in [4.69, 9.17) is 4.42 Å². The molecular weight excluding hydrogens is 361 g/mol. The second-order valence-electron chi connectivity index (χ2n) is 5.32. The Kier molecular flexibility index (Phi) is 5.06. The number of nitrogens with one attached hydrogen (secondary N) is 1. The van der Waals surface area contributed by atoms with Crippen molar-refractivity contribution in [3.63, 3.8) is 0 Å². The molecule has 27 heavy (non-hydrogen) atoms. The molecule has 0 aliphatic rings. The van der Waals surface area contributed by atoms with Crippen LogP contribution in [0.2, 0.25) is 0 Å². The fraction of sp³-hybridized carbons (Fsp3) is 0.200. The molecule has 0 radical (unpaired) electrons. The number of halogens is 1. The lowest BCUT2D eigenvalue weighted by molar-refractivity contribution is -0.385. The molecule has 1 amide bonds. The first-order valence-electron chi connectivity index (χ1n) is 7.78. The summed E-state index contributed by atoms with van der Waals surface area (Å²) in [7, 11) is 0. The van der Waals surface area contributed by atoms with Crippen molar-refractivity contribution >= 4 is 17.8 Å². The SMILES string of the molecule is CCn1ncc(/C=N\NC(=O)c2ccc(Cn3cc([N+](=O)[O-])cn3)o2)c1F. The number of nitrogens with zero attached hydrogens (tertiary/aromatic N) is 6. The lowest BCUT2D eigenvalue weighted by Crippen LogP contribution is -2.17. The van der Waals surface area contributed by atoms with E-state index in [0.29, 0.717) is 12.3 Å². The van der Waals surface area contributed by atoms with Gasteiger partial charge in [-0.3, -0.25) is 19.6 Å². The van der Waals surface area contributed by atoms with E-state index < -0.39 is 16.8 Å². The van der Waals surface area contributed by atoms with Crippen molar-refractivity contribution in [3.8, 4) is 0 Å². The second-order valence-corrected chi connectivity index (χ2v) is 5.32. The first kappa shape index (κ1) is 18.0. The zero-order valence-corrected chi connectivity index (χ0v) is 14.1. The highest BCUT2D eigenvalue weighted by molar-refractivity contribution is 5.92. The van der Waals surface area contributed by atoms with Gasteiger partial charge in [-0.05, 0) is 19.1 Å². The number of aromatic nitrogens is 4. The second kappa shape index (κ2) is 7.59. The molecule has 0 saturated heterocycles. The van der Waals surface area contributed by atoms with Crippen LogP contribution in [-0.4, -0.2) is 36.6 Å². The Morgan fingerprint density at radius 3 is 2.93 bits per heavy atom. The van der Waals surface area contributed by atoms with Gasteiger partial charge < -0.3 is 4.42 Å². The van der Waals surface area contributed by atoms with Crippen molar-refractivity contribution in [2.75, 3.05) is 0 Å². The minimum Gasteiger partial charge on any atom is -0.454 e. The molecule has 3 rings (SSSR count). The molecule has 12 heteroatoms. The van der Waals surface area contributed by atoms with Gasteiger partial charge in [0.05, 0.1) is 29.4 Å². The summed E-state index contributed by atoms with van der Waals surface area (Å²) in [6.45, 7) is 2.24. The van der Waals surface area contributed by atoms with E-state index in [1.165, 1.54) is 29.2 Å². The molecule has 0 spiro atoms. The van der Waals surface area contributed by atoms with Crippen LogP contribution in [0, 0.1) is 16.1 Å². The largest absolute Gasteiger partial charge is 0.454 e. The average molecular weight is 375 g/mol. The predicted octanol–water partition coefficient (Wildman–Crippen LogP) is 1.55. The summed E-state index contributed by atoms with van der Waals surface area (Å²) in [6.07, 6.45) is 4.80. The van der Waals surface area contributed by atoms with Gasteiger partial charge in [-0.2, -0.15) is 19.7 Å². The van der Waals surface area contributed by atoms with E-state index in [-0.39, 0.29) is 23.6 Å². The molecule has 0 aliphatic carbocycles. The molecule has 0 aliphatic heterocycles. The van der Waals surface area contributed by atoms with Gasteiger partial charge in [0, 0.05) is 6.54 Å². The third kappa shape index (κ3) is 4.05. The first-order valence-corrected chi connectivity index (χ1v) is 7.78. The highest BCUT2D eigenvalue weighted by Gasteiger charge is 2.13. The minimum atomic E-state index is -0.632. The molecule has 3 aromatic heterocycles. The normalized spacial score (nSPS) is 11.2. The van der Waals surface area contributed by atoms with Crippen molar-refractivity contribution in [3.05, 3.63) is 63.9 Å². The van der Waals surface area contributed by atoms with Crippen molar-refractivity contribution in [2.45, 2.75) is 20.0 Å². The molecule has 1 N–H and O–H groups in total. The molecule has 0 aromatic carbocycles. The molecule has 3 heterocycles. The number of carbonyl (C=O) groups excluding carboxylic acids is 1. The van der Waals surface area contributed by atoms with Crippen LogP contribution in [0.4, 0.5) is 10.1 Å². The van der Waals surface area contributed by atoms with E-state index in [9.17, 15) is 19.3 Å². The number of aryl methyl sites for hydroxylation is 1. The maximum absolute atomic E-state index is 13.8. The van der Waals surface area contributed by atoms with Gasteiger partial charge in [0.1, 0.15) is 18.2 Å². The van der Waals surface area contributed by atoms with Gasteiger partial charge in [0.15, 0.2) is 5.76 Å². The quantitative estimate of drug-likeness (QED) is 0.378. The van der Waals surface area contributed by atoms with E-state index in [0.717, 1.165) is 17.1 Å². The number of hydrogen-bond acceptors (Lipinski definition) is 7. The maximum atomic E-state index is 13.8.